The Balaban J connectivity index is 1.92. The number of nitrogens with one attached hydrogen (secondary N) is 2. The highest BCUT2D eigenvalue weighted by Gasteiger charge is 2.60. The first kappa shape index (κ1) is 22.7. The molecule has 2 aromatic rings. The maximum Gasteiger partial charge on any atom is 0.407 e. The third kappa shape index (κ3) is 4.13. The van der Waals surface area contributed by atoms with Crippen molar-refractivity contribution >= 4 is 21.6 Å². The molecular formula is C18H17F4N5O3S. The highest BCUT2D eigenvalue weighted by atomic mass is 32.2. The van der Waals surface area contributed by atoms with Crippen molar-refractivity contribution in [3.63, 3.8) is 0 Å². The number of carbonyl (C=O) groups is 1. The lowest BCUT2D eigenvalue weighted by atomic mass is 9.77. The maximum absolute atomic E-state index is 14.9. The number of nitriles is 1. The zero-order chi connectivity index (χ0) is 23.2. The van der Waals surface area contributed by atoms with E-state index in [9.17, 15) is 30.8 Å². The molecule has 166 valence electrons. The van der Waals surface area contributed by atoms with Crippen molar-refractivity contribution in [2.75, 3.05) is 5.32 Å². The Morgan fingerprint density at radius 2 is 1.97 bits per heavy atom. The van der Waals surface area contributed by atoms with Gasteiger partial charge < -0.3 is 9.88 Å². The van der Waals surface area contributed by atoms with Gasteiger partial charge in [0.1, 0.15) is 27.9 Å². The zero-order valence-electron chi connectivity index (χ0n) is 16.3. The summed E-state index contributed by atoms with van der Waals surface area (Å²) in [7, 11) is -3.74. The molecule has 0 bridgehead atoms. The van der Waals surface area contributed by atoms with Crippen molar-refractivity contribution in [2.24, 2.45) is 7.05 Å². The van der Waals surface area contributed by atoms with Crippen LogP contribution in [-0.4, -0.2) is 35.6 Å². The Bertz CT molecular complexity index is 1190. The van der Waals surface area contributed by atoms with Crippen LogP contribution < -0.4 is 10.0 Å². The normalized spacial score (nSPS) is 15.8. The molecule has 0 spiro atoms. The topological polar surface area (TPSA) is 117 Å². The molecule has 0 radical (unpaired) electrons. The molecular weight excluding hydrogens is 442 g/mol. The number of alkyl halides is 3. The van der Waals surface area contributed by atoms with Crippen molar-refractivity contribution < 1.29 is 30.8 Å². The lowest BCUT2D eigenvalue weighted by molar-refractivity contribution is -0.212. The second kappa shape index (κ2) is 7.61. The highest BCUT2D eigenvalue weighted by Crippen LogP contribution is 2.46. The standard InChI is InChI=1S/C18H17F4N5O3S/c1-10-6-11(7-12(8-23)24-10)25-16(28)15-14(19)13(9-27(15)2)31(29,30)26-17(4-3-5-17)18(20,21)22/h6-7,9,26H,3-5H2,1-2H3,(H,24,25,28). The first-order chi connectivity index (χ1) is 14.3. The van der Waals surface area contributed by atoms with Crippen LogP contribution in [0.5, 0.6) is 0 Å². The molecule has 0 aromatic carbocycles. The van der Waals surface area contributed by atoms with Gasteiger partial charge in [-0.2, -0.15) is 23.2 Å². The molecule has 0 saturated heterocycles. The van der Waals surface area contributed by atoms with Crippen molar-refractivity contribution in [2.45, 2.75) is 42.8 Å². The third-order valence-electron chi connectivity index (χ3n) is 5.00. The smallest absolute Gasteiger partial charge is 0.343 e. The third-order valence-corrected chi connectivity index (χ3v) is 6.52. The van der Waals surface area contributed by atoms with E-state index in [1.165, 1.54) is 19.2 Å². The van der Waals surface area contributed by atoms with Crippen LogP contribution in [0.15, 0.2) is 23.2 Å². The van der Waals surface area contributed by atoms with Gasteiger partial charge in [-0.3, -0.25) is 4.79 Å². The predicted octanol–water partition coefficient (Wildman–Crippen LogP) is 2.75. The maximum atomic E-state index is 14.9. The van der Waals surface area contributed by atoms with Crippen molar-refractivity contribution in [3.05, 3.63) is 41.2 Å². The molecule has 13 heteroatoms. The van der Waals surface area contributed by atoms with Crippen LogP contribution in [0.3, 0.4) is 0 Å². The summed E-state index contributed by atoms with van der Waals surface area (Å²) in [6.45, 7) is 1.56. The highest BCUT2D eigenvalue weighted by molar-refractivity contribution is 7.89. The Morgan fingerprint density at radius 3 is 2.48 bits per heavy atom. The molecule has 31 heavy (non-hydrogen) atoms. The van der Waals surface area contributed by atoms with Crippen molar-refractivity contribution in [1.29, 1.82) is 5.26 Å². The second-order valence-electron chi connectivity index (χ2n) is 7.25. The van der Waals surface area contributed by atoms with Crippen LogP contribution in [0, 0.1) is 24.1 Å². The summed E-state index contributed by atoms with van der Waals surface area (Å²) >= 11 is 0. The molecule has 1 aliphatic carbocycles. The van der Waals surface area contributed by atoms with Gasteiger partial charge in [-0.1, -0.05) is 0 Å². The van der Waals surface area contributed by atoms with Gasteiger partial charge in [0, 0.05) is 24.6 Å². The van der Waals surface area contributed by atoms with Gasteiger partial charge in [0.25, 0.3) is 5.91 Å². The number of hydrogen-bond donors (Lipinski definition) is 2. The van der Waals surface area contributed by atoms with Gasteiger partial charge in [0.05, 0.1) is 0 Å². The molecule has 2 heterocycles. The zero-order valence-corrected chi connectivity index (χ0v) is 17.2. The van der Waals surface area contributed by atoms with Crippen LogP contribution in [-0.2, 0) is 17.1 Å². The summed E-state index contributed by atoms with van der Waals surface area (Å²) in [4.78, 5) is 15.4. The molecule has 1 aliphatic rings. The van der Waals surface area contributed by atoms with Gasteiger partial charge >= 0.3 is 6.18 Å². The van der Waals surface area contributed by atoms with Gasteiger partial charge in [0.2, 0.25) is 10.0 Å². The molecule has 2 N–H and O–H groups in total. The summed E-state index contributed by atoms with van der Waals surface area (Å²) in [6, 6.07) is 4.43. The number of sulfonamides is 1. The fourth-order valence-corrected chi connectivity index (χ4v) is 4.86. The largest absolute Gasteiger partial charge is 0.407 e. The lowest BCUT2D eigenvalue weighted by Crippen LogP contribution is -2.62. The van der Waals surface area contributed by atoms with Gasteiger partial charge in [-0.05, 0) is 38.3 Å². The molecule has 0 unspecified atom stereocenters. The van der Waals surface area contributed by atoms with E-state index in [0.29, 0.717) is 5.69 Å². The first-order valence-corrected chi connectivity index (χ1v) is 10.4. The van der Waals surface area contributed by atoms with Crippen molar-refractivity contribution in [3.8, 4) is 6.07 Å². The molecule has 3 rings (SSSR count). The molecule has 8 nitrogen and oxygen atoms in total. The van der Waals surface area contributed by atoms with E-state index in [0.717, 1.165) is 10.8 Å². The average molecular weight is 459 g/mol. The number of anilines is 1. The SMILES string of the molecule is Cc1cc(NC(=O)c2c(F)c(S(=O)(=O)NC3(C(F)(F)F)CCC3)cn2C)cc(C#N)n1. The van der Waals surface area contributed by atoms with Crippen molar-refractivity contribution in [1.82, 2.24) is 14.3 Å². The van der Waals surface area contributed by atoms with Crippen LogP contribution in [0.1, 0.15) is 41.1 Å². The Labute approximate surface area is 174 Å². The lowest BCUT2D eigenvalue weighted by Gasteiger charge is -2.43. The molecule has 1 fully saturated rings. The molecule has 2 aromatic heterocycles. The summed E-state index contributed by atoms with van der Waals surface area (Å²) in [5.41, 5.74) is -2.86. The molecule has 0 atom stereocenters. The fraction of sp³-hybridized carbons (Fsp3) is 0.389. The second-order valence-corrected chi connectivity index (χ2v) is 8.90. The minimum Gasteiger partial charge on any atom is -0.343 e. The van der Waals surface area contributed by atoms with Crippen LogP contribution in [0.2, 0.25) is 0 Å². The first-order valence-electron chi connectivity index (χ1n) is 8.95. The van der Waals surface area contributed by atoms with Crippen LogP contribution in [0.25, 0.3) is 0 Å². The Morgan fingerprint density at radius 1 is 1.32 bits per heavy atom. The van der Waals surface area contributed by atoms with E-state index in [1.807, 2.05) is 0 Å². The number of rotatable bonds is 5. The van der Waals surface area contributed by atoms with Gasteiger partial charge in [-0.25, -0.2) is 17.8 Å². The number of aromatic nitrogens is 2. The summed E-state index contributed by atoms with van der Waals surface area (Å²) in [5.74, 6) is -2.54. The monoisotopic (exact) mass is 459 g/mol. The molecule has 1 saturated carbocycles. The number of pyridine rings is 1. The number of halogens is 4. The van der Waals surface area contributed by atoms with E-state index in [2.05, 4.69) is 10.3 Å². The number of hydrogen-bond acceptors (Lipinski definition) is 5. The fourth-order valence-electron chi connectivity index (χ4n) is 3.29. The Hall–Kier alpha value is -2.98. The van der Waals surface area contributed by atoms with Gasteiger partial charge in [-0.15, -0.1) is 0 Å². The number of amides is 1. The molecule has 0 aliphatic heterocycles. The quantitative estimate of drug-likeness (QED) is 0.667. The van der Waals surface area contributed by atoms with E-state index in [1.54, 1.807) is 17.7 Å². The summed E-state index contributed by atoms with van der Waals surface area (Å²) in [5, 5.41) is 11.3. The summed E-state index contributed by atoms with van der Waals surface area (Å²) in [6.07, 6.45) is -4.86. The van der Waals surface area contributed by atoms with E-state index < -0.39 is 56.9 Å². The average Bonchev–Trinajstić information content (AvgIpc) is 2.91. The van der Waals surface area contributed by atoms with E-state index in [4.69, 9.17) is 5.26 Å². The minimum atomic E-state index is -4.92. The number of nitrogens with zero attached hydrogens (tertiary/aromatic N) is 3. The summed E-state index contributed by atoms with van der Waals surface area (Å²) < 4.78 is 82.4. The van der Waals surface area contributed by atoms with E-state index >= 15 is 0 Å². The van der Waals surface area contributed by atoms with E-state index in [-0.39, 0.29) is 17.8 Å². The van der Waals surface area contributed by atoms with Crippen LogP contribution >= 0.6 is 0 Å². The number of carbonyl (C=O) groups excluding carboxylic acids is 1. The number of aryl methyl sites for hydroxylation is 2. The van der Waals surface area contributed by atoms with Crippen LogP contribution in [0.4, 0.5) is 23.2 Å². The molecule has 1 amide bonds. The Kier molecular flexibility index (Phi) is 5.57. The minimum absolute atomic E-state index is 0.00642. The van der Waals surface area contributed by atoms with Gasteiger partial charge in [0.15, 0.2) is 5.82 Å². The predicted molar refractivity (Wildman–Crippen MR) is 100.0 cm³/mol.